The van der Waals surface area contributed by atoms with Crippen LogP contribution in [0, 0.1) is 0 Å². The molecule has 1 fully saturated rings. The topological polar surface area (TPSA) is 38.7 Å². The maximum atomic E-state index is 12.7. The van der Waals surface area contributed by atoms with Gasteiger partial charge < -0.3 is 4.74 Å². The number of alkyl halides is 2. The summed E-state index contributed by atoms with van der Waals surface area (Å²) in [6.07, 6.45) is 0.964. The molecule has 0 radical (unpaired) electrons. The minimum Gasteiger partial charge on any atom is -0.366 e. The molecule has 1 saturated heterocycles. The van der Waals surface area contributed by atoms with Crippen molar-refractivity contribution in [3.05, 3.63) is 0 Å². The first-order valence-electron chi connectivity index (χ1n) is 5.16. The van der Waals surface area contributed by atoms with Gasteiger partial charge in [-0.15, -0.1) is 0 Å². The fourth-order valence-corrected chi connectivity index (χ4v) is 1.70. The minimum absolute atomic E-state index is 0.203. The van der Waals surface area contributed by atoms with E-state index >= 15 is 0 Å². The molecule has 0 spiro atoms. The fourth-order valence-electron chi connectivity index (χ4n) is 1.14. The maximum Gasteiger partial charge on any atom is 0.271 e. The van der Waals surface area contributed by atoms with Gasteiger partial charge in [-0.3, -0.25) is 0 Å². The molecule has 1 unspecified atom stereocenters. The van der Waals surface area contributed by atoms with Gasteiger partial charge in [0.2, 0.25) is 0 Å². The third-order valence-electron chi connectivity index (χ3n) is 2.15. The van der Waals surface area contributed by atoms with E-state index in [0.29, 0.717) is 0 Å². The van der Waals surface area contributed by atoms with Crippen molar-refractivity contribution >= 4 is 17.2 Å². The number of hydrogen-bond donors (Lipinski definition) is 0. The third kappa shape index (κ3) is 4.25. The Hall–Kier alpha value is -0.360. The van der Waals surface area contributed by atoms with E-state index in [9.17, 15) is 13.0 Å². The minimum atomic E-state index is -2.73. The lowest BCUT2D eigenvalue weighted by Gasteiger charge is -2.26. The molecule has 0 aromatic rings. The molecule has 0 N–H and O–H groups in total. The van der Waals surface area contributed by atoms with Crippen molar-refractivity contribution in [2.24, 2.45) is 4.40 Å². The molecule has 1 rings (SSSR count). The van der Waals surface area contributed by atoms with Crippen LogP contribution in [0.25, 0.3) is 0 Å². The van der Waals surface area contributed by atoms with E-state index < -0.39 is 34.4 Å². The van der Waals surface area contributed by atoms with E-state index in [2.05, 4.69) is 4.40 Å². The molecule has 1 heterocycles. The summed E-state index contributed by atoms with van der Waals surface area (Å²) in [6, 6.07) is 0. The van der Waals surface area contributed by atoms with Gasteiger partial charge >= 0.3 is 0 Å². The van der Waals surface area contributed by atoms with Crippen molar-refractivity contribution in [1.82, 2.24) is 0 Å². The van der Waals surface area contributed by atoms with Crippen LogP contribution in [0.4, 0.5) is 8.78 Å². The number of halogens is 2. The fraction of sp³-hybridized carbons (Fsp3) is 0.900. The predicted molar refractivity (Wildman–Crippen MR) is 60.3 cm³/mol. The second-order valence-electron chi connectivity index (χ2n) is 4.86. The average molecular weight is 253 g/mol. The summed E-state index contributed by atoms with van der Waals surface area (Å²) >= 11 is 0. The van der Waals surface area contributed by atoms with Crippen LogP contribution in [-0.2, 0) is 15.7 Å². The molecular formula is C10H17F2NO2S. The highest BCUT2D eigenvalue weighted by molar-refractivity contribution is 7.85. The molecule has 2 atom stereocenters. The summed E-state index contributed by atoms with van der Waals surface area (Å²) < 4.78 is 45.3. The van der Waals surface area contributed by atoms with Crippen LogP contribution < -0.4 is 0 Å². The van der Waals surface area contributed by atoms with Crippen molar-refractivity contribution in [3.8, 4) is 0 Å². The highest BCUT2D eigenvalue weighted by atomic mass is 32.2. The first-order chi connectivity index (χ1) is 7.21. The van der Waals surface area contributed by atoms with Gasteiger partial charge in [-0.25, -0.2) is 13.0 Å². The Morgan fingerprint density at radius 1 is 1.50 bits per heavy atom. The van der Waals surface area contributed by atoms with Gasteiger partial charge in [0.25, 0.3) is 5.92 Å². The van der Waals surface area contributed by atoms with E-state index in [-0.39, 0.29) is 12.8 Å². The van der Waals surface area contributed by atoms with Crippen molar-refractivity contribution in [1.29, 1.82) is 0 Å². The monoisotopic (exact) mass is 253 g/mol. The molecule has 1 aliphatic rings. The first kappa shape index (κ1) is 13.7. The van der Waals surface area contributed by atoms with Crippen molar-refractivity contribution in [3.63, 3.8) is 0 Å². The zero-order valence-corrected chi connectivity index (χ0v) is 10.5. The summed E-state index contributed by atoms with van der Waals surface area (Å²) in [5, 5.41) is 0. The number of hydrogen-bond acceptors (Lipinski definition) is 2. The lowest BCUT2D eigenvalue weighted by Crippen LogP contribution is -2.35. The smallest absolute Gasteiger partial charge is 0.271 e. The molecule has 1 aliphatic heterocycles. The molecule has 0 aliphatic carbocycles. The quantitative estimate of drug-likeness (QED) is 0.708. The number of nitrogens with zero attached hydrogens (tertiary/aromatic N) is 1. The lowest BCUT2D eigenvalue weighted by molar-refractivity contribution is -0.126. The van der Waals surface area contributed by atoms with Crippen LogP contribution in [0.2, 0.25) is 0 Å². The van der Waals surface area contributed by atoms with Crippen molar-refractivity contribution < 1.29 is 17.7 Å². The molecular weight excluding hydrogens is 236 g/mol. The summed E-state index contributed by atoms with van der Waals surface area (Å²) in [5.41, 5.74) is 0. The second kappa shape index (κ2) is 4.87. The lowest BCUT2D eigenvalue weighted by atomic mass is 10.1. The van der Waals surface area contributed by atoms with Gasteiger partial charge in [-0.2, -0.15) is 4.40 Å². The Kier molecular flexibility index (Phi) is 4.17. The van der Waals surface area contributed by atoms with E-state index in [1.807, 2.05) is 0 Å². The van der Waals surface area contributed by atoms with Crippen LogP contribution in [0.3, 0.4) is 0 Å². The normalized spacial score (nSPS) is 28.2. The third-order valence-corrected chi connectivity index (χ3v) is 3.51. The van der Waals surface area contributed by atoms with E-state index in [1.165, 1.54) is 6.21 Å². The zero-order valence-electron chi connectivity index (χ0n) is 9.70. The van der Waals surface area contributed by atoms with Crippen LogP contribution in [-0.4, -0.2) is 33.8 Å². The van der Waals surface area contributed by atoms with Crippen LogP contribution in [0.1, 0.15) is 33.6 Å². The Bertz CT molecular complexity index is 290. The molecule has 94 valence electrons. The average Bonchev–Trinajstić information content (AvgIpc) is 2.14. The summed E-state index contributed by atoms with van der Waals surface area (Å²) in [7, 11) is -1.36. The van der Waals surface area contributed by atoms with E-state index in [0.717, 1.165) is 0 Å². The van der Waals surface area contributed by atoms with Gasteiger partial charge in [-0.1, -0.05) is 0 Å². The Morgan fingerprint density at radius 3 is 2.56 bits per heavy atom. The molecule has 16 heavy (non-hydrogen) atoms. The molecule has 0 saturated carbocycles. The standard InChI is InChI=1S/C10H17F2NO2S/c1-9(2,3)16(14)13-6-8-4-5-10(11,12)7-15-8/h6,8H,4-5,7H2,1-3H3/b13-6+/t8?,16-/m1/s1. The van der Waals surface area contributed by atoms with Crippen LogP contribution in [0.5, 0.6) is 0 Å². The van der Waals surface area contributed by atoms with Gasteiger partial charge in [0.05, 0.1) is 10.9 Å². The molecule has 0 amide bonds. The van der Waals surface area contributed by atoms with Crippen molar-refractivity contribution in [2.45, 2.75) is 50.4 Å². The SMILES string of the molecule is CC(C)(C)[S@@](=O)/N=C/C1CCC(F)(F)CO1. The zero-order chi connectivity index (χ0) is 12.4. The first-order valence-corrected chi connectivity index (χ1v) is 6.27. The maximum absolute atomic E-state index is 12.7. The van der Waals surface area contributed by atoms with E-state index in [1.54, 1.807) is 20.8 Å². The highest BCUT2D eigenvalue weighted by Gasteiger charge is 2.35. The van der Waals surface area contributed by atoms with Crippen LogP contribution >= 0.6 is 0 Å². The molecule has 3 nitrogen and oxygen atoms in total. The summed E-state index contributed by atoms with van der Waals surface area (Å²) in [4.78, 5) is 0. The van der Waals surface area contributed by atoms with E-state index in [4.69, 9.17) is 4.74 Å². The Labute approximate surface area is 96.9 Å². The summed E-state index contributed by atoms with van der Waals surface area (Å²) in [5.74, 6) is -2.73. The Balaban J connectivity index is 2.45. The highest BCUT2D eigenvalue weighted by Crippen LogP contribution is 2.27. The second-order valence-corrected chi connectivity index (χ2v) is 6.79. The van der Waals surface area contributed by atoms with Crippen LogP contribution in [0.15, 0.2) is 4.40 Å². The number of rotatable bonds is 2. The Morgan fingerprint density at radius 2 is 2.12 bits per heavy atom. The van der Waals surface area contributed by atoms with Crippen molar-refractivity contribution in [2.75, 3.05) is 6.61 Å². The molecule has 0 aromatic heterocycles. The molecule has 0 bridgehead atoms. The summed E-state index contributed by atoms with van der Waals surface area (Å²) in [6.45, 7) is 4.83. The van der Waals surface area contributed by atoms with Gasteiger partial charge in [0.1, 0.15) is 17.6 Å². The predicted octanol–water partition coefficient (Wildman–Crippen LogP) is 2.33. The largest absolute Gasteiger partial charge is 0.366 e. The molecule has 0 aromatic carbocycles. The number of ether oxygens (including phenoxy) is 1. The molecule has 6 heteroatoms. The van der Waals surface area contributed by atoms with Gasteiger partial charge in [0.15, 0.2) is 0 Å². The van der Waals surface area contributed by atoms with Gasteiger partial charge in [0, 0.05) is 12.6 Å². The van der Waals surface area contributed by atoms with Gasteiger partial charge in [-0.05, 0) is 27.2 Å².